The van der Waals surface area contributed by atoms with Crippen LogP contribution in [0.4, 0.5) is 0 Å². The standard InChI is InChI=1S/C17H17NS/c1-12-6-7-14(11-18-2)16(10-12)15-5-3-4-13-8-9-19-17(13)15/h3-10,18H,11H2,1-2H3. The zero-order valence-corrected chi connectivity index (χ0v) is 12.1. The Balaban J connectivity index is 2.25. The maximum atomic E-state index is 3.26. The van der Waals surface area contributed by atoms with Crippen molar-refractivity contribution >= 4 is 21.4 Å². The molecule has 19 heavy (non-hydrogen) atoms. The van der Waals surface area contributed by atoms with Gasteiger partial charge in [-0.15, -0.1) is 11.3 Å². The summed E-state index contributed by atoms with van der Waals surface area (Å²) in [5.74, 6) is 0. The minimum absolute atomic E-state index is 0.900. The maximum absolute atomic E-state index is 3.26. The lowest BCUT2D eigenvalue weighted by atomic mass is 9.96. The van der Waals surface area contributed by atoms with E-state index in [1.807, 2.05) is 18.4 Å². The summed E-state index contributed by atoms with van der Waals surface area (Å²) in [6, 6.07) is 15.5. The fraction of sp³-hybridized carbons (Fsp3) is 0.176. The first-order chi connectivity index (χ1) is 9.29. The molecule has 3 rings (SSSR count). The van der Waals surface area contributed by atoms with Crippen LogP contribution in [-0.4, -0.2) is 7.05 Å². The number of thiophene rings is 1. The van der Waals surface area contributed by atoms with Gasteiger partial charge in [-0.2, -0.15) is 0 Å². The van der Waals surface area contributed by atoms with Crippen LogP contribution in [0.2, 0.25) is 0 Å². The van der Waals surface area contributed by atoms with E-state index in [1.165, 1.54) is 32.3 Å². The van der Waals surface area contributed by atoms with Crippen molar-refractivity contribution in [2.75, 3.05) is 7.05 Å². The molecule has 0 saturated heterocycles. The molecule has 0 aliphatic rings. The van der Waals surface area contributed by atoms with Crippen molar-refractivity contribution in [2.24, 2.45) is 0 Å². The maximum Gasteiger partial charge on any atom is 0.0421 e. The zero-order chi connectivity index (χ0) is 13.2. The predicted octanol–water partition coefficient (Wildman–Crippen LogP) is 4.60. The third-order valence-corrected chi connectivity index (χ3v) is 4.37. The molecule has 0 fully saturated rings. The molecule has 0 aliphatic carbocycles. The molecular formula is C17H17NS. The quantitative estimate of drug-likeness (QED) is 0.731. The van der Waals surface area contributed by atoms with Crippen molar-refractivity contribution in [3.8, 4) is 11.1 Å². The third-order valence-electron chi connectivity index (χ3n) is 3.40. The van der Waals surface area contributed by atoms with Crippen LogP contribution in [0.3, 0.4) is 0 Å². The monoisotopic (exact) mass is 267 g/mol. The Morgan fingerprint density at radius 1 is 1.05 bits per heavy atom. The van der Waals surface area contributed by atoms with Gasteiger partial charge in [0.15, 0.2) is 0 Å². The summed E-state index contributed by atoms with van der Waals surface area (Å²) in [5, 5.41) is 6.76. The second kappa shape index (κ2) is 5.16. The molecule has 0 unspecified atom stereocenters. The van der Waals surface area contributed by atoms with E-state index in [0.29, 0.717) is 0 Å². The Morgan fingerprint density at radius 3 is 2.79 bits per heavy atom. The van der Waals surface area contributed by atoms with E-state index in [4.69, 9.17) is 0 Å². The number of fused-ring (bicyclic) bond motifs is 1. The Kier molecular flexibility index (Phi) is 3.36. The molecule has 0 saturated carbocycles. The van der Waals surface area contributed by atoms with Gasteiger partial charge in [-0.05, 0) is 47.5 Å². The lowest BCUT2D eigenvalue weighted by Crippen LogP contribution is -2.06. The zero-order valence-electron chi connectivity index (χ0n) is 11.2. The molecule has 96 valence electrons. The summed E-state index contributed by atoms with van der Waals surface area (Å²) >= 11 is 1.82. The Bertz CT molecular complexity index is 712. The van der Waals surface area contributed by atoms with Crippen LogP contribution in [0, 0.1) is 6.92 Å². The Labute approximate surface area is 117 Å². The van der Waals surface area contributed by atoms with Crippen molar-refractivity contribution in [1.29, 1.82) is 0 Å². The second-order valence-corrected chi connectivity index (χ2v) is 5.75. The first kappa shape index (κ1) is 12.4. The van der Waals surface area contributed by atoms with Gasteiger partial charge in [0.05, 0.1) is 0 Å². The Morgan fingerprint density at radius 2 is 1.95 bits per heavy atom. The molecule has 1 N–H and O–H groups in total. The minimum atomic E-state index is 0.900. The number of hydrogen-bond donors (Lipinski definition) is 1. The number of aryl methyl sites for hydroxylation is 1. The van der Waals surface area contributed by atoms with Crippen LogP contribution in [0.25, 0.3) is 21.2 Å². The van der Waals surface area contributed by atoms with Gasteiger partial charge in [-0.1, -0.05) is 42.0 Å². The van der Waals surface area contributed by atoms with Gasteiger partial charge in [-0.25, -0.2) is 0 Å². The van der Waals surface area contributed by atoms with E-state index in [1.54, 1.807) is 0 Å². The Hall–Kier alpha value is -1.64. The summed E-state index contributed by atoms with van der Waals surface area (Å²) in [7, 11) is 2.00. The predicted molar refractivity (Wildman–Crippen MR) is 84.8 cm³/mol. The number of nitrogens with one attached hydrogen (secondary N) is 1. The van der Waals surface area contributed by atoms with Crippen LogP contribution in [0.1, 0.15) is 11.1 Å². The van der Waals surface area contributed by atoms with Gasteiger partial charge in [-0.3, -0.25) is 0 Å². The van der Waals surface area contributed by atoms with E-state index in [-0.39, 0.29) is 0 Å². The molecule has 0 bridgehead atoms. The average molecular weight is 267 g/mol. The van der Waals surface area contributed by atoms with Gasteiger partial charge in [0.2, 0.25) is 0 Å². The largest absolute Gasteiger partial charge is 0.316 e. The topological polar surface area (TPSA) is 12.0 Å². The van der Waals surface area contributed by atoms with Gasteiger partial charge < -0.3 is 5.32 Å². The highest BCUT2D eigenvalue weighted by molar-refractivity contribution is 7.17. The van der Waals surface area contributed by atoms with Gasteiger partial charge in [0.25, 0.3) is 0 Å². The highest BCUT2D eigenvalue weighted by Crippen LogP contribution is 2.34. The van der Waals surface area contributed by atoms with E-state index >= 15 is 0 Å². The number of benzene rings is 2. The molecule has 0 amide bonds. The van der Waals surface area contributed by atoms with Crippen molar-refractivity contribution in [3.63, 3.8) is 0 Å². The molecule has 0 radical (unpaired) electrons. The fourth-order valence-electron chi connectivity index (χ4n) is 2.49. The van der Waals surface area contributed by atoms with Crippen molar-refractivity contribution in [3.05, 3.63) is 59.0 Å². The van der Waals surface area contributed by atoms with Gasteiger partial charge in [0, 0.05) is 11.2 Å². The molecule has 0 atom stereocenters. The molecule has 2 heteroatoms. The fourth-order valence-corrected chi connectivity index (χ4v) is 3.42. The van der Waals surface area contributed by atoms with E-state index in [9.17, 15) is 0 Å². The molecule has 1 heterocycles. The SMILES string of the molecule is CNCc1ccc(C)cc1-c1cccc2ccsc12. The van der Waals surface area contributed by atoms with Crippen molar-refractivity contribution in [2.45, 2.75) is 13.5 Å². The van der Waals surface area contributed by atoms with Crippen LogP contribution < -0.4 is 5.32 Å². The molecule has 2 aromatic carbocycles. The first-order valence-electron chi connectivity index (χ1n) is 6.50. The van der Waals surface area contributed by atoms with Crippen LogP contribution in [0.5, 0.6) is 0 Å². The smallest absolute Gasteiger partial charge is 0.0421 e. The summed E-state index contributed by atoms with van der Waals surface area (Å²) < 4.78 is 1.38. The van der Waals surface area contributed by atoms with Gasteiger partial charge >= 0.3 is 0 Å². The van der Waals surface area contributed by atoms with Crippen molar-refractivity contribution in [1.82, 2.24) is 5.32 Å². The van der Waals surface area contributed by atoms with Crippen LogP contribution in [-0.2, 0) is 6.54 Å². The number of rotatable bonds is 3. The second-order valence-electron chi connectivity index (χ2n) is 4.84. The van der Waals surface area contributed by atoms with E-state index in [2.05, 4.69) is 60.1 Å². The molecule has 3 aromatic rings. The molecule has 1 aromatic heterocycles. The summed E-state index contributed by atoms with van der Waals surface area (Å²) in [4.78, 5) is 0. The average Bonchev–Trinajstić information content (AvgIpc) is 2.89. The molecule has 0 spiro atoms. The normalized spacial score (nSPS) is 11.1. The van der Waals surface area contributed by atoms with Crippen molar-refractivity contribution < 1.29 is 0 Å². The third kappa shape index (κ3) is 2.29. The molecular weight excluding hydrogens is 250 g/mol. The lowest BCUT2D eigenvalue weighted by molar-refractivity contribution is 0.819. The van der Waals surface area contributed by atoms with E-state index < -0.39 is 0 Å². The van der Waals surface area contributed by atoms with Crippen LogP contribution >= 0.6 is 11.3 Å². The summed E-state index contributed by atoms with van der Waals surface area (Å²) in [6.45, 7) is 3.05. The minimum Gasteiger partial charge on any atom is -0.316 e. The summed E-state index contributed by atoms with van der Waals surface area (Å²) in [5.41, 5.74) is 5.36. The first-order valence-corrected chi connectivity index (χ1v) is 7.38. The van der Waals surface area contributed by atoms with E-state index in [0.717, 1.165) is 6.54 Å². The number of hydrogen-bond acceptors (Lipinski definition) is 2. The highest BCUT2D eigenvalue weighted by Gasteiger charge is 2.09. The highest BCUT2D eigenvalue weighted by atomic mass is 32.1. The molecule has 0 aliphatic heterocycles. The summed E-state index contributed by atoms with van der Waals surface area (Å²) in [6.07, 6.45) is 0. The molecule has 1 nitrogen and oxygen atoms in total. The van der Waals surface area contributed by atoms with Gasteiger partial charge in [0.1, 0.15) is 0 Å². The van der Waals surface area contributed by atoms with Crippen LogP contribution in [0.15, 0.2) is 47.8 Å². The lowest BCUT2D eigenvalue weighted by Gasteiger charge is -2.11.